The lowest BCUT2D eigenvalue weighted by molar-refractivity contribution is -0.302. The van der Waals surface area contributed by atoms with Crippen LogP contribution in [0.15, 0.2) is 36.0 Å². The SMILES string of the molecule is C=CC[C@@H]1/C=C(\C)C[C@H](C)C[C@H](OC)[C@H]2O[C@@](O)(C(=O)C(=O)N3CCCC4/C(=C\[C@@H]5CC[C@@H](O)[C@H](CO)C5)C(OC(=O)[C@H]43)[C@H](C)[C@@H](O)CC1=O)[C@H](C)C[C@@H]2OC. The molecule has 6 rings (SSSR count). The first kappa shape index (κ1) is 44.3. The third-order valence-electron chi connectivity index (χ3n) is 13.3. The van der Waals surface area contributed by atoms with Gasteiger partial charge < -0.3 is 44.3 Å². The Kier molecular flexibility index (Phi) is 14.9. The van der Waals surface area contributed by atoms with E-state index in [-0.39, 0.29) is 49.5 Å². The lowest BCUT2D eigenvalue weighted by Gasteiger charge is -2.49. The number of amides is 1. The van der Waals surface area contributed by atoms with Crippen LogP contribution < -0.4 is 0 Å². The normalized spacial score (nSPS) is 43.8. The van der Waals surface area contributed by atoms with Crippen LogP contribution in [0.25, 0.3) is 0 Å². The Labute approximate surface area is 331 Å². The van der Waals surface area contributed by atoms with Crippen molar-refractivity contribution in [3.63, 3.8) is 0 Å². The number of aliphatic hydroxyl groups excluding tert-OH is 3. The van der Waals surface area contributed by atoms with Crippen LogP contribution in [0.2, 0.25) is 0 Å². The topological polar surface area (TPSA) is 189 Å². The molecule has 1 amide bonds. The highest BCUT2D eigenvalue weighted by Gasteiger charge is 2.58. The minimum Gasteiger partial charge on any atom is -0.456 e. The molecule has 1 aliphatic carbocycles. The minimum absolute atomic E-state index is 0.00986. The zero-order valence-corrected chi connectivity index (χ0v) is 34.0. The smallest absolute Gasteiger partial charge is 0.330 e. The van der Waals surface area contributed by atoms with Crippen molar-refractivity contribution in [2.24, 2.45) is 41.4 Å². The molecular weight excluding hydrogens is 722 g/mol. The molecule has 0 aromatic heterocycles. The van der Waals surface area contributed by atoms with Crippen molar-refractivity contribution in [3.8, 4) is 0 Å². The number of carbonyl (C=O) groups is 4. The van der Waals surface area contributed by atoms with E-state index in [1.54, 1.807) is 19.9 Å². The second kappa shape index (κ2) is 18.9. The number of piperidine rings is 1. The number of rotatable bonds is 6. The van der Waals surface area contributed by atoms with Gasteiger partial charge in [0, 0.05) is 63.4 Å². The van der Waals surface area contributed by atoms with Gasteiger partial charge in [-0.15, -0.1) is 6.58 Å². The Morgan fingerprint density at radius 3 is 2.34 bits per heavy atom. The number of hydrogen-bond donors (Lipinski definition) is 4. The average molecular weight is 788 g/mol. The molecule has 0 radical (unpaired) electrons. The molecule has 2 unspecified atom stereocenters. The summed E-state index contributed by atoms with van der Waals surface area (Å²) < 4.78 is 24.2. The first-order valence-corrected chi connectivity index (χ1v) is 20.6. The minimum atomic E-state index is -2.53. The van der Waals surface area contributed by atoms with E-state index in [0.717, 1.165) is 5.57 Å². The van der Waals surface area contributed by atoms with E-state index in [9.17, 15) is 39.6 Å². The highest BCUT2D eigenvalue weighted by Crippen LogP contribution is 2.44. The molecule has 4 N–H and O–H groups in total. The number of methoxy groups -OCH3 is 2. The molecule has 1 saturated carbocycles. The van der Waals surface area contributed by atoms with Crippen molar-refractivity contribution in [1.29, 1.82) is 0 Å². The van der Waals surface area contributed by atoms with Crippen molar-refractivity contribution in [2.75, 3.05) is 27.4 Å². The maximum absolute atomic E-state index is 14.4. The number of Topliss-reactive ketones (excluding diaryl/α,β-unsaturated/α-hetero) is 2. The van der Waals surface area contributed by atoms with E-state index >= 15 is 0 Å². The largest absolute Gasteiger partial charge is 0.456 e. The van der Waals surface area contributed by atoms with Crippen molar-refractivity contribution in [1.82, 2.24) is 4.90 Å². The number of ether oxygens (including phenoxy) is 4. The molecule has 4 fully saturated rings. The van der Waals surface area contributed by atoms with Gasteiger partial charge in [0.15, 0.2) is 0 Å². The van der Waals surface area contributed by atoms with Gasteiger partial charge in [0.25, 0.3) is 11.7 Å². The summed E-state index contributed by atoms with van der Waals surface area (Å²) in [6, 6.07) is -1.19. The Morgan fingerprint density at radius 1 is 0.982 bits per heavy atom. The van der Waals surface area contributed by atoms with Crippen LogP contribution in [-0.2, 0) is 38.1 Å². The van der Waals surface area contributed by atoms with Gasteiger partial charge in [0.05, 0.1) is 24.4 Å². The summed E-state index contributed by atoms with van der Waals surface area (Å²) in [7, 11) is 3.04. The average Bonchev–Trinajstić information content (AvgIpc) is 3.17. The number of esters is 1. The van der Waals surface area contributed by atoms with E-state index in [2.05, 4.69) is 6.58 Å². The number of fused-ring (bicyclic) bond motifs is 11. The van der Waals surface area contributed by atoms with Crippen LogP contribution in [0, 0.1) is 41.4 Å². The molecule has 5 heterocycles. The predicted octanol–water partition coefficient (Wildman–Crippen LogP) is 3.45. The molecule has 5 aliphatic heterocycles. The van der Waals surface area contributed by atoms with Gasteiger partial charge in [-0.05, 0) is 82.1 Å². The highest BCUT2D eigenvalue weighted by atomic mass is 16.7. The number of aliphatic hydroxyl groups is 4. The van der Waals surface area contributed by atoms with Crippen LogP contribution in [0.1, 0.15) is 91.9 Å². The van der Waals surface area contributed by atoms with Crippen LogP contribution in [0.3, 0.4) is 0 Å². The predicted molar refractivity (Wildman–Crippen MR) is 206 cm³/mol. The first-order valence-electron chi connectivity index (χ1n) is 20.6. The lowest BCUT2D eigenvalue weighted by atomic mass is 9.71. The molecule has 0 aromatic carbocycles. The van der Waals surface area contributed by atoms with Crippen LogP contribution in [0.4, 0.5) is 0 Å². The fraction of sp³-hybridized carbons (Fsp3) is 0.767. The van der Waals surface area contributed by atoms with E-state index in [4.69, 9.17) is 18.9 Å². The Bertz CT molecular complexity index is 1510. The van der Waals surface area contributed by atoms with Crippen molar-refractivity contribution >= 4 is 23.4 Å². The van der Waals surface area contributed by atoms with Gasteiger partial charge >= 0.3 is 5.97 Å². The summed E-state index contributed by atoms with van der Waals surface area (Å²) in [5, 5.41) is 44.3. The molecule has 56 heavy (non-hydrogen) atoms. The molecule has 314 valence electrons. The zero-order chi connectivity index (χ0) is 41.1. The molecule has 3 saturated heterocycles. The summed E-state index contributed by atoms with van der Waals surface area (Å²) >= 11 is 0. The molecule has 6 aliphatic rings. The molecule has 13 heteroatoms. The first-order chi connectivity index (χ1) is 26.6. The van der Waals surface area contributed by atoms with Crippen molar-refractivity contribution in [2.45, 2.75) is 140 Å². The van der Waals surface area contributed by atoms with Crippen LogP contribution in [0.5, 0.6) is 0 Å². The van der Waals surface area contributed by atoms with Gasteiger partial charge in [-0.3, -0.25) is 14.4 Å². The van der Waals surface area contributed by atoms with Crippen molar-refractivity contribution in [3.05, 3.63) is 36.0 Å². The van der Waals surface area contributed by atoms with Crippen LogP contribution in [-0.4, -0.2) is 125 Å². The summed E-state index contributed by atoms with van der Waals surface area (Å²) in [5.74, 6) is -8.80. The fourth-order valence-corrected chi connectivity index (χ4v) is 10.0. The Morgan fingerprint density at radius 2 is 1.68 bits per heavy atom. The summed E-state index contributed by atoms with van der Waals surface area (Å²) in [6.45, 7) is 11.1. The van der Waals surface area contributed by atoms with Crippen LogP contribution >= 0.6 is 0 Å². The highest BCUT2D eigenvalue weighted by molar-refractivity contribution is 6.39. The second-order valence-electron chi connectivity index (χ2n) is 17.4. The van der Waals surface area contributed by atoms with Crippen molar-refractivity contribution < 1.29 is 58.6 Å². The second-order valence-corrected chi connectivity index (χ2v) is 17.4. The molecule has 13 nitrogen and oxygen atoms in total. The Balaban J connectivity index is 1.60. The third kappa shape index (κ3) is 9.24. The lowest BCUT2D eigenvalue weighted by Crippen LogP contribution is -2.66. The molecule has 0 spiro atoms. The van der Waals surface area contributed by atoms with E-state index in [0.29, 0.717) is 56.9 Å². The maximum atomic E-state index is 14.4. The van der Waals surface area contributed by atoms with Gasteiger partial charge in [0.2, 0.25) is 5.79 Å². The monoisotopic (exact) mass is 787 g/mol. The Hall–Kier alpha value is -2.78. The molecule has 6 bridgehead atoms. The molecular formula is C43H65NO12. The molecule has 15 atom stereocenters. The molecule has 0 aromatic rings. The summed E-state index contributed by atoms with van der Waals surface area (Å²) in [4.78, 5) is 58.0. The third-order valence-corrected chi connectivity index (χ3v) is 13.3. The quantitative estimate of drug-likeness (QED) is 0.175. The van der Waals surface area contributed by atoms with Gasteiger partial charge in [-0.2, -0.15) is 0 Å². The summed E-state index contributed by atoms with van der Waals surface area (Å²) in [6.07, 6.45) is 4.65. The van der Waals surface area contributed by atoms with Gasteiger partial charge in [0.1, 0.15) is 24.0 Å². The number of nitrogens with zero attached hydrogens (tertiary/aromatic N) is 1. The summed E-state index contributed by atoms with van der Waals surface area (Å²) in [5.41, 5.74) is 1.64. The van der Waals surface area contributed by atoms with Gasteiger partial charge in [-0.25, -0.2) is 4.79 Å². The number of ketones is 2. The maximum Gasteiger partial charge on any atom is 0.330 e. The zero-order valence-electron chi connectivity index (χ0n) is 34.0. The van der Waals surface area contributed by atoms with E-state index in [1.165, 1.54) is 19.1 Å². The van der Waals surface area contributed by atoms with E-state index in [1.807, 2.05) is 26.0 Å². The van der Waals surface area contributed by atoms with E-state index < -0.39 is 89.8 Å². The fourth-order valence-electron chi connectivity index (χ4n) is 10.0. The van der Waals surface area contributed by atoms with Gasteiger partial charge in [-0.1, -0.05) is 44.6 Å². The standard InChI is InChI=1S/C43H65NO12/c1-8-10-28-16-23(2)15-24(3)17-35(53-6)39-36(54-7)18-25(4)43(52,56-39)40(49)41(50)44-14-9-11-30-31(20-27-12-13-32(46)29(19-27)22-45)38(55-42(51)37(30)44)26(5)33(47)21-34(28)48/h8,16,20,24-30,32-33,35-39,45-47,52H,1,9-15,17-19,21-22H2,2-7H3/b23-16+,31-20+/t24-,25+,26+,27+,28+,29-,30?,32+,33-,35-,36-,37-,38?,39+,43+/m0/s1. The number of allylic oxidation sites excluding steroid dienone is 4. The number of carbonyl (C=O) groups excluding carboxylic acids is 4. The number of hydrogen-bond acceptors (Lipinski definition) is 12.